The van der Waals surface area contributed by atoms with Crippen LogP contribution >= 0.6 is 15.9 Å². The number of hydrogen-bond acceptors (Lipinski definition) is 3. The topological polar surface area (TPSA) is 49.9 Å². The summed E-state index contributed by atoms with van der Waals surface area (Å²) in [6.07, 6.45) is 0.368. The van der Waals surface area contributed by atoms with Gasteiger partial charge in [0, 0.05) is 36.2 Å². The highest BCUT2D eigenvalue weighted by Crippen LogP contribution is 2.16. The fraction of sp³-hybridized carbons (Fsp3) is 0.333. The number of hydrogen-bond donors (Lipinski definition) is 0. The maximum Gasteiger partial charge on any atom is 0.253 e. The highest BCUT2D eigenvalue weighted by Gasteiger charge is 2.24. The van der Waals surface area contributed by atoms with E-state index in [1.54, 1.807) is 0 Å². The monoisotopic (exact) mass is 430 g/mol. The SMILES string of the molecule is CCOc1ccc(CC(=O)N2CCN(C(=O)c3ccc(Br)cc3)CC2)cc1. The number of ether oxygens (including phenoxy) is 1. The molecule has 0 atom stereocenters. The molecule has 0 radical (unpaired) electrons. The summed E-state index contributed by atoms with van der Waals surface area (Å²) in [5.74, 6) is 0.921. The van der Waals surface area contributed by atoms with Crippen molar-refractivity contribution in [3.63, 3.8) is 0 Å². The highest BCUT2D eigenvalue weighted by atomic mass is 79.9. The lowest BCUT2D eigenvalue weighted by Gasteiger charge is -2.35. The summed E-state index contributed by atoms with van der Waals surface area (Å²) in [6, 6.07) is 15.0. The molecule has 0 aliphatic carbocycles. The first-order valence-electron chi connectivity index (χ1n) is 9.11. The quantitative estimate of drug-likeness (QED) is 0.730. The standard InChI is InChI=1S/C21H23BrN2O3/c1-2-27-19-9-3-16(4-10-19)15-20(25)23-11-13-24(14-12-23)21(26)17-5-7-18(22)8-6-17/h3-10H,2,11-15H2,1H3. The Balaban J connectivity index is 1.51. The molecule has 0 bridgehead atoms. The van der Waals surface area contributed by atoms with Crippen LogP contribution in [0.3, 0.4) is 0 Å². The van der Waals surface area contributed by atoms with Crippen molar-refractivity contribution in [2.75, 3.05) is 32.8 Å². The molecule has 1 fully saturated rings. The lowest BCUT2D eigenvalue weighted by molar-refractivity contribution is -0.131. The van der Waals surface area contributed by atoms with Crippen molar-refractivity contribution < 1.29 is 14.3 Å². The van der Waals surface area contributed by atoms with E-state index in [4.69, 9.17) is 4.74 Å². The summed E-state index contributed by atoms with van der Waals surface area (Å²) in [5, 5.41) is 0. The number of amides is 2. The molecular formula is C21H23BrN2O3. The van der Waals surface area contributed by atoms with Gasteiger partial charge in [0.25, 0.3) is 5.91 Å². The van der Waals surface area contributed by atoms with Gasteiger partial charge in [0.2, 0.25) is 5.91 Å². The van der Waals surface area contributed by atoms with Gasteiger partial charge >= 0.3 is 0 Å². The van der Waals surface area contributed by atoms with Crippen molar-refractivity contribution in [1.82, 2.24) is 9.80 Å². The van der Waals surface area contributed by atoms with Gasteiger partial charge in [-0.3, -0.25) is 9.59 Å². The van der Waals surface area contributed by atoms with Crippen LogP contribution in [-0.4, -0.2) is 54.4 Å². The molecule has 0 unspecified atom stereocenters. The minimum Gasteiger partial charge on any atom is -0.494 e. The van der Waals surface area contributed by atoms with E-state index in [0.29, 0.717) is 44.8 Å². The van der Waals surface area contributed by atoms with Gasteiger partial charge in [0.1, 0.15) is 5.75 Å². The Kier molecular flexibility index (Phi) is 6.50. The molecule has 2 aromatic carbocycles. The molecule has 0 spiro atoms. The van der Waals surface area contributed by atoms with Gasteiger partial charge in [-0.25, -0.2) is 0 Å². The van der Waals surface area contributed by atoms with Gasteiger partial charge in [-0.15, -0.1) is 0 Å². The number of rotatable bonds is 5. The Bertz CT molecular complexity index is 782. The average molecular weight is 431 g/mol. The molecule has 0 saturated carbocycles. The van der Waals surface area contributed by atoms with Crippen LogP contribution in [0.4, 0.5) is 0 Å². The van der Waals surface area contributed by atoms with Crippen LogP contribution in [0, 0.1) is 0 Å². The molecule has 0 N–H and O–H groups in total. The second-order valence-corrected chi connectivity index (χ2v) is 7.35. The van der Waals surface area contributed by atoms with Crippen molar-refractivity contribution in [1.29, 1.82) is 0 Å². The molecule has 1 heterocycles. The summed E-state index contributed by atoms with van der Waals surface area (Å²) in [5.41, 5.74) is 1.64. The lowest BCUT2D eigenvalue weighted by atomic mass is 10.1. The predicted molar refractivity (Wildman–Crippen MR) is 108 cm³/mol. The van der Waals surface area contributed by atoms with Gasteiger partial charge in [-0.1, -0.05) is 28.1 Å². The van der Waals surface area contributed by atoms with Crippen LogP contribution in [0.25, 0.3) is 0 Å². The normalized spacial score (nSPS) is 14.1. The van der Waals surface area contributed by atoms with E-state index in [1.165, 1.54) is 0 Å². The number of carbonyl (C=O) groups is 2. The van der Waals surface area contributed by atoms with Crippen LogP contribution in [0.15, 0.2) is 53.0 Å². The molecule has 1 aliphatic heterocycles. The summed E-state index contributed by atoms with van der Waals surface area (Å²) in [6.45, 7) is 4.82. The van der Waals surface area contributed by atoms with Crippen molar-refractivity contribution in [2.24, 2.45) is 0 Å². The highest BCUT2D eigenvalue weighted by molar-refractivity contribution is 9.10. The minimum atomic E-state index is 0.0149. The first kappa shape index (κ1) is 19.4. The van der Waals surface area contributed by atoms with E-state index >= 15 is 0 Å². The summed E-state index contributed by atoms with van der Waals surface area (Å²) >= 11 is 3.38. The Morgan fingerprint density at radius 2 is 1.52 bits per heavy atom. The van der Waals surface area contributed by atoms with Gasteiger partial charge in [0.15, 0.2) is 0 Å². The number of carbonyl (C=O) groups excluding carboxylic acids is 2. The van der Waals surface area contributed by atoms with Gasteiger partial charge in [-0.05, 0) is 48.9 Å². The summed E-state index contributed by atoms with van der Waals surface area (Å²) in [7, 11) is 0. The zero-order chi connectivity index (χ0) is 19.2. The van der Waals surface area contributed by atoms with Crippen LogP contribution in [0.2, 0.25) is 0 Å². The van der Waals surface area contributed by atoms with Gasteiger partial charge in [-0.2, -0.15) is 0 Å². The van der Waals surface area contributed by atoms with Crippen LogP contribution in [0.1, 0.15) is 22.8 Å². The van der Waals surface area contributed by atoms with E-state index in [1.807, 2.05) is 65.3 Å². The second kappa shape index (κ2) is 9.04. The Hall–Kier alpha value is -2.34. The van der Waals surface area contributed by atoms with E-state index in [0.717, 1.165) is 15.8 Å². The van der Waals surface area contributed by atoms with Gasteiger partial charge < -0.3 is 14.5 Å². The van der Waals surface area contributed by atoms with Crippen molar-refractivity contribution >= 4 is 27.7 Å². The average Bonchev–Trinajstić information content (AvgIpc) is 2.70. The molecule has 0 aromatic heterocycles. The minimum absolute atomic E-state index is 0.0149. The van der Waals surface area contributed by atoms with E-state index in [9.17, 15) is 9.59 Å². The first-order chi connectivity index (χ1) is 13.1. The van der Waals surface area contributed by atoms with E-state index in [-0.39, 0.29) is 11.8 Å². The Labute approximate surface area is 168 Å². The van der Waals surface area contributed by atoms with Gasteiger partial charge in [0.05, 0.1) is 13.0 Å². The van der Waals surface area contributed by atoms with Crippen molar-refractivity contribution in [3.05, 3.63) is 64.1 Å². The van der Waals surface area contributed by atoms with E-state index < -0.39 is 0 Å². The first-order valence-corrected chi connectivity index (χ1v) is 9.90. The molecular weight excluding hydrogens is 408 g/mol. The number of nitrogens with zero attached hydrogens (tertiary/aromatic N) is 2. The zero-order valence-electron chi connectivity index (χ0n) is 15.4. The fourth-order valence-electron chi connectivity index (χ4n) is 3.09. The Morgan fingerprint density at radius 3 is 2.11 bits per heavy atom. The van der Waals surface area contributed by atoms with Crippen LogP contribution in [0.5, 0.6) is 5.75 Å². The summed E-state index contributed by atoms with van der Waals surface area (Å²) in [4.78, 5) is 28.8. The van der Waals surface area contributed by atoms with E-state index in [2.05, 4.69) is 15.9 Å². The van der Waals surface area contributed by atoms with Crippen LogP contribution < -0.4 is 4.74 Å². The Morgan fingerprint density at radius 1 is 0.926 bits per heavy atom. The molecule has 2 amide bonds. The maximum absolute atomic E-state index is 12.6. The van der Waals surface area contributed by atoms with Crippen LogP contribution in [-0.2, 0) is 11.2 Å². The molecule has 27 heavy (non-hydrogen) atoms. The predicted octanol–water partition coefficient (Wildman–Crippen LogP) is 3.37. The fourth-order valence-corrected chi connectivity index (χ4v) is 3.35. The molecule has 3 rings (SSSR count). The number of benzene rings is 2. The number of halogens is 1. The van der Waals surface area contributed by atoms with Crippen molar-refractivity contribution in [2.45, 2.75) is 13.3 Å². The molecule has 6 heteroatoms. The smallest absolute Gasteiger partial charge is 0.253 e. The largest absolute Gasteiger partial charge is 0.494 e. The number of piperazine rings is 1. The zero-order valence-corrected chi connectivity index (χ0v) is 16.9. The maximum atomic E-state index is 12.6. The van der Waals surface area contributed by atoms with Crippen molar-refractivity contribution in [3.8, 4) is 5.75 Å². The summed E-state index contributed by atoms with van der Waals surface area (Å²) < 4.78 is 6.37. The molecule has 5 nitrogen and oxygen atoms in total. The second-order valence-electron chi connectivity index (χ2n) is 6.43. The third-order valence-corrected chi connectivity index (χ3v) is 5.13. The third kappa shape index (κ3) is 5.10. The molecule has 1 aliphatic rings. The molecule has 142 valence electrons. The lowest BCUT2D eigenvalue weighted by Crippen LogP contribution is -2.51. The molecule has 1 saturated heterocycles. The third-order valence-electron chi connectivity index (χ3n) is 4.60. The molecule has 2 aromatic rings.